The molecule has 0 aromatic heterocycles. The SMILES string of the molecule is CC(CN(C)C)NCC1C2CCCC21. The average Bonchev–Trinajstić information content (AvgIpc) is 2.57. The summed E-state index contributed by atoms with van der Waals surface area (Å²) >= 11 is 0. The van der Waals surface area contributed by atoms with Crippen LogP contribution in [0.2, 0.25) is 0 Å². The third-order valence-corrected chi connectivity index (χ3v) is 3.92. The molecule has 2 aliphatic rings. The second-order valence-electron chi connectivity index (χ2n) is 5.49. The Balaban J connectivity index is 1.59. The van der Waals surface area contributed by atoms with E-state index in [0.29, 0.717) is 6.04 Å². The average molecular weight is 196 g/mol. The van der Waals surface area contributed by atoms with Gasteiger partial charge in [-0.25, -0.2) is 0 Å². The van der Waals surface area contributed by atoms with E-state index < -0.39 is 0 Å². The first kappa shape index (κ1) is 10.4. The van der Waals surface area contributed by atoms with Crippen LogP contribution in [0.25, 0.3) is 0 Å². The highest BCUT2D eigenvalue weighted by Gasteiger charge is 2.51. The van der Waals surface area contributed by atoms with Crippen molar-refractivity contribution < 1.29 is 0 Å². The van der Waals surface area contributed by atoms with Crippen LogP contribution in [0, 0.1) is 17.8 Å². The predicted molar refractivity (Wildman–Crippen MR) is 60.3 cm³/mol. The molecular weight excluding hydrogens is 172 g/mol. The summed E-state index contributed by atoms with van der Waals surface area (Å²) in [7, 11) is 4.29. The molecule has 0 heterocycles. The van der Waals surface area contributed by atoms with Gasteiger partial charge in [0.15, 0.2) is 0 Å². The first-order chi connectivity index (χ1) is 6.68. The summed E-state index contributed by atoms with van der Waals surface area (Å²) in [6.07, 6.45) is 4.53. The van der Waals surface area contributed by atoms with E-state index in [9.17, 15) is 0 Å². The van der Waals surface area contributed by atoms with Gasteiger partial charge >= 0.3 is 0 Å². The van der Waals surface area contributed by atoms with Crippen LogP contribution in [0.3, 0.4) is 0 Å². The van der Waals surface area contributed by atoms with Crippen LogP contribution in [0.4, 0.5) is 0 Å². The highest BCUT2D eigenvalue weighted by atomic mass is 15.1. The van der Waals surface area contributed by atoms with Gasteiger partial charge in [-0.2, -0.15) is 0 Å². The van der Waals surface area contributed by atoms with Crippen molar-refractivity contribution in [1.29, 1.82) is 0 Å². The number of nitrogens with one attached hydrogen (secondary N) is 1. The minimum atomic E-state index is 0.645. The fourth-order valence-electron chi connectivity index (χ4n) is 3.22. The fourth-order valence-corrected chi connectivity index (χ4v) is 3.22. The Morgan fingerprint density at radius 3 is 2.50 bits per heavy atom. The second-order valence-corrected chi connectivity index (χ2v) is 5.49. The summed E-state index contributed by atoms with van der Waals surface area (Å²) in [6, 6.07) is 0.645. The Labute approximate surface area is 88.1 Å². The van der Waals surface area contributed by atoms with Gasteiger partial charge in [-0.1, -0.05) is 6.42 Å². The lowest BCUT2D eigenvalue weighted by Gasteiger charge is -2.18. The molecule has 0 aromatic carbocycles. The molecule has 0 saturated heterocycles. The number of likely N-dealkylation sites (N-methyl/N-ethyl adjacent to an activating group) is 1. The molecule has 3 unspecified atom stereocenters. The minimum absolute atomic E-state index is 0.645. The lowest BCUT2D eigenvalue weighted by molar-refractivity contribution is 0.343. The van der Waals surface area contributed by atoms with E-state index in [0.717, 1.165) is 24.3 Å². The van der Waals surface area contributed by atoms with Gasteiger partial charge in [-0.15, -0.1) is 0 Å². The van der Waals surface area contributed by atoms with Crippen molar-refractivity contribution in [3.05, 3.63) is 0 Å². The van der Waals surface area contributed by atoms with Crippen LogP contribution in [0.1, 0.15) is 26.2 Å². The first-order valence-corrected chi connectivity index (χ1v) is 6.06. The van der Waals surface area contributed by atoms with Crippen LogP contribution in [0.15, 0.2) is 0 Å². The molecule has 2 rings (SSSR count). The molecule has 0 aromatic rings. The van der Waals surface area contributed by atoms with Crippen LogP contribution in [-0.2, 0) is 0 Å². The van der Waals surface area contributed by atoms with Crippen LogP contribution in [-0.4, -0.2) is 38.1 Å². The molecule has 2 saturated carbocycles. The summed E-state index contributed by atoms with van der Waals surface area (Å²) < 4.78 is 0. The number of hydrogen-bond donors (Lipinski definition) is 1. The standard InChI is InChI=1S/C12H24N2/c1-9(8-14(2)3)13-7-12-10-5-4-6-11(10)12/h9-13H,4-8H2,1-3H3. The van der Waals surface area contributed by atoms with E-state index in [1.54, 1.807) is 0 Å². The Bertz CT molecular complexity index is 181. The summed E-state index contributed by atoms with van der Waals surface area (Å²) in [6.45, 7) is 4.71. The quantitative estimate of drug-likeness (QED) is 0.718. The van der Waals surface area contributed by atoms with Crippen molar-refractivity contribution in [2.24, 2.45) is 17.8 Å². The van der Waals surface area contributed by atoms with Crippen molar-refractivity contribution in [3.63, 3.8) is 0 Å². The van der Waals surface area contributed by atoms with Crippen molar-refractivity contribution in [2.45, 2.75) is 32.2 Å². The molecule has 0 aliphatic heterocycles. The number of fused-ring (bicyclic) bond motifs is 1. The molecule has 0 spiro atoms. The van der Waals surface area contributed by atoms with Crippen LogP contribution >= 0.6 is 0 Å². The van der Waals surface area contributed by atoms with E-state index in [2.05, 4.69) is 31.2 Å². The first-order valence-electron chi connectivity index (χ1n) is 6.06. The molecule has 0 bridgehead atoms. The summed E-state index contributed by atoms with van der Waals surface area (Å²) in [5.74, 6) is 3.25. The molecule has 0 amide bonds. The molecule has 2 heteroatoms. The normalized spacial score (nSPS) is 37.3. The lowest BCUT2D eigenvalue weighted by atomic mass is 10.1. The van der Waals surface area contributed by atoms with Gasteiger partial charge < -0.3 is 10.2 Å². The maximum Gasteiger partial charge on any atom is 0.0166 e. The second kappa shape index (κ2) is 4.19. The zero-order valence-corrected chi connectivity index (χ0v) is 9.79. The van der Waals surface area contributed by atoms with Crippen molar-refractivity contribution in [1.82, 2.24) is 10.2 Å². The zero-order valence-electron chi connectivity index (χ0n) is 9.79. The van der Waals surface area contributed by atoms with Gasteiger partial charge in [-0.05, 0) is 58.2 Å². The minimum Gasteiger partial charge on any atom is -0.313 e. The molecule has 0 radical (unpaired) electrons. The van der Waals surface area contributed by atoms with Gasteiger partial charge in [-0.3, -0.25) is 0 Å². The Hall–Kier alpha value is -0.0800. The molecule has 2 fully saturated rings. The van der Waals surface area contributed by atoms with E-state index in [4.69, 9.17) is 0 Å². The molecule has 1 N–H and O–H groups in total. The largest absolute Gasteiger partial charge is 0.313 e. The molecule has 2 nitrogen and oxygen atoms in total. The van der Waals surface area contributed by atoms with Crippen molar-refractivity contribution in [3.8, 4) is 0 Å². The maximum atomic E-state index is 3.66. The van der Waals surface area contributed by atoms with Crippen LogP contribution < -0.4 is 5.32 Å². The summed E-state index contributed by atoms with van der Waals surface area (Å²) in [5, 5.41) is 3.66. The summed E-state index contributed by atoms with van der Waals surface area (Å²) in [4.78, 5) is 2.26. The molecular formula is C12H24N2. The van der Waals surface area contributed by atoms with Crippen LogP contribution in [0.5, 0.6) is 0 Å². The Kier molecular flexibility index (Phi) is 3.13. The zero-order chi connectivity index (χ0) is 10.1. The lowest BCUT2D eigenvalue weighted by Crippen LogP contribution is -2.37. The Morgan fingerprint density at radius 2 is 1.93 bits per heavy atom. The number of nitrogens with zero attached hydrogens (tertiary/aromatic N) is 1. The van der Waals surface area contributed by atoms with Crippen molar-refractivity contribution >= 4 is 0 Å². The van der Waals surface area contributed by atoms with Gasteiger partial charge in [0.25, 0.3) is 0 Å². The topological polar surface area (TPSA) is 15.3 Å². The fraction of sp³-hybridized carbons (Fsp3) is 1.00. The Morgan fingerprint density at radius 1 is 1.29 bits per heavy atom. The number of rotatable bonds is 5. The highest BCUT2D eigenvalue weighted by Crippen LogP contribution is 2.57. The van der Waals surface area contributed by atoms with Gasteiger partial charge in [0.1, 0.15) is 0 Å². The highest BCUT2D eigenvalue weighted by molar-refractivity contribution is 5.02. The molecule has 14 heavy (non-hydrogen) atoms. The van der Waals surface area contributed by atoms with Crippen molar-refractivity contribution in [2.75, 3.05) is 27.2 Å². The van der Waals surface area contributed by atoms with Gasteiger partial charge in [0, 0.05) is 12.6 Å². The van der Waals surface area contributed by atoms with E-state index in [-0.39, 0.29) is 0 Å². The molecule has 82 valence electrons. The third kappa shape index (κ3) is 2.29. The monoisotopic (exact) mass is 196 g/mol. The smallest absolute Gasteiger partial charge is 0.0166 e. The molecule has 3 atom stereocenters. The van der Waals surface area contributed by atoms with E-state index >= 15 is 0 Å². The summed E-state index contributed by atoms with van der Waals surface area (Å²) in [5.41, 5.74) is 0. The van der Waals surface area contributed by atoms with Gasteiger partial charge in [0.2, 0.25) is 0 Å². The maximum absolute atomic E-state index is 3.66. The van der Waals surface area contributed by atoms with E-state index in [1.165, 1.54) is 25.8 Å². The predicted octanol–water partition coefficient (Wildman–Crippen LogP) is 1.57. The third-order valence-electron chi connectivity index (χ3n) is 3.92. The number of hydrogen-bond acceptors (Lipinski definition) is 2. The van der Waals surface area contributed by atoms with Gasteiger partial charge in [0.05, 0.1) is 0 Å². The molecule has 2 aliphatic carbocycles. The van der Waals surface area contributed by atoms with E-state index in [1.807, 2.05) is 0 Å².